The van der Waals surface area contributed by atoms with E-state index in [1.807, 2.05) is 6.07 Å². The second kappa shape index (κ2) is 11.9. The molecule has 2 aromatic carbocycles. The largest absolute Gasteiger partial charge is 0.508 e. The van der Waals surface area contributed by atoms with E-state index >= 15 is 0 Å². The number of fused-ring (bicyclic) bond motifs is 1. The van der Waals surface area contributed by atoms with Crippen molar-refractivity contribution >= 4 is 11.8 Å². The highest BCUT2D eigenvalue weighted by molar-refractivity contribution is 5.97. The molecule has 3 aliphatic heterocycles. The Hall–Kier alpha value is -3.56. The Bertz CT molecular complexity index is 1210. The first kappa shape index (κ1) is 26.1. The topological polar surface area (TPSA) is 107 Å². The first-order valence-corrected chi connectivity index (χ1v) is 13.2. The molecule has 0 aromatic heterocycles. The molecule has 38 heavy (non-hydrogen) atoms. The van der Waals surface area contributed by atoms with E-state index in [9.17, 15) is 14.7 Å². The van der Waals surface area contributed by atoms with Crippen LogP contribution in [0.2, 0.25) is 0 Å². The van der Waals surface area contributed by atoms with E-state index in [0.717, 1.165) is 18.4 Å². The minimum absolute atomic E-state index is 0.0458. The molecule has 0 aliphatic carbocycles. The van der Waals surface area contributed by atoms with Crippen LogP contribution in [0.3, 0.4) is 0 Å². The summed E-state index contributed by atoms with van der Waals surface area (Å²) >= 11 is 0. The van der Waals surface area contributed by atoms with Gasteiger partial charge in [-0.3, -0.25) is 9.59 Å². The number of nitrogens with one attached hydrogen (secondary N) is 1. The molecule has 1 fully saturated rings. The molecule has 2 unspecified atom stereocenters. The average Bonchev–Trinajstić information content (AvgIpc) is 3.48. The molecule has 3 heterocycles. The first-order valence-electron chi connectivity index (χ1n) is 13.2. The number of carbonyl (C=O) groups is 2. The number of amides is 2. The maximum absolute atomic E-state index is 14.0. The molecule has 1 saturated heterocycles. The molecule has 2 amide bonds. The lowest BCUT2D eigenvalue weighted by Crippen LogP contribution is -2.45. The van der Waals surface area contributed by atoms with Crippen molar-refractivity contribution in [1.82, 2.24) is 10.2 Å². The van der Waals surface area contributed by atoms with E-state index in [1.165, 1.54) is 0 Å². The van der Waals surface area contributed by atoms with Crippen LogP contribution >= 0.6 is 0 Å². The average molecular weight is 523 g/mol. The van der Waals surface area contributed by atoms with Gasteiger partial charge in [-0.25, -0.2) is 0 Å². The molecule has 9 heteroatoms. The summed E-state index contributed by atoms with van der Waals surface area (Å²) in [6, 6.07) is 9.61. The second-order valence-corrected chi connectivity index (χ2v) is 9.73. The summed E-state index contributed by atoms with van der Waals surface area (Å²) in [4.78, 5) is 29.5. The number of phenols is 1. The molecular formula is C29H34N2O7. The van der Waals surface area contributed by atoms with Gasteiger partial charge in [-0.1, -0.05) is 24.3 Å². The van der Waals surface area contributed by atoms with Crippen LogP contribution in [0.25, 0.3) is 0 Å². The van der Waals surface area contributed by atoms with Gasteiger partial charge in [-0.15, -0.1) is 0 Å². The number of hydrogen-bond acceptors (Lipinski definition) is 7. The number of carbonyl (C=O) groups excluding carboxylic acids is 2. The SMILES string of the molecule is Cc1c(O)cccc1CN(C(=O)C1=CCOCC1)C(C(=O)NCC1CCCO1)c1ccc2c(c1)OCCO2. The van der Waals surface area contributed by atoms with Crippen molar-refractivity contribution in [2.45, 2.75) is 44.9 Å². The molecule has 0 spiro atoms. The number of hydrogen-bond donors (Lipinski definition) is 2. The van der Waals surface area contributed by atoms with Crippen molar-refractivity contribution < 1.29 is 33.6 Å². The van der Waals surface area contributed by atoms with E-state index in [-0.39, 0.29) is 30.2 Å². The quantitative estimate of drug-likeness (QED) is 0.549. The van der Waals surface area contributed by atoms with Gasteiger partial charge in [0.25, 0.3) is 5.91 Å². The van der Waals surface area contributed by atoms with Gasteiger partial charge in [0.2, 0.25) is 5.91 Å². The molecular weight excluding hydrogens is 488 g/mol. The summed E-state index contributed by atoms with van der Waals surface area (Å²) in [5.41, 5.74) is 2.62. The van der Waals surface area contributed by atoms with Gasteiger partial charge in [0.1, 0.15) is 25.0 Å². The zero-order valence-electron chi connectivity index (χ0n) is 21.6. The molecule has 9 nitrogen and oxygen atoms in total. The van der Waals surface area contributed by atoms with Crippen molar-refractivity contribution in [3.05, 3.63) is 64.7 Å². The van der Waals surface area contributed by atoms with Crippen LogP contribution in [-0.4, -0.2) is 67.5 Å². The van der Waals surface area contributed by atoms with E-state index in [4.69, 9.17) is 18.9 Å². The number of nitrogens with zero attached hydrogens (tertiary/aromatic N) is 1. The van der Waals surface area contributed by atoms with Crippen molar-refractivity contribution in [3.63, 3.8) is 0 Å². The van der Waals surface area contributed by atoms with Crippen molar-refractivity contribution in [2.75, 3.05) is 39.6 Å². The van der Waals surface area contributed by atoms with Crippen molar-refractivity contribution in [1.29, 1.82) is 0 Å². The lowest BCUT2D eigenvalue weighted by molar-refractivity contribution is -0.139. The van der Waals surface area contributed by atoms with Crippen LogP contribution in [0.5, 0.6) is 17.2 Å². The summed E-state index contributed by atoms with van der Waals surface area (Å²) in [5.74, 6) is 0.724. The lowest BCUT2D eigenvalue weighted by atomic mass is 9.98. The van der Waals surface area contributed by atoms with Gasteiger partial charge in [0.05, 0.1) is 19.3 Å². The van der Waals surface area contributed by atoms with Gasteiger partial charge < -0.3 is 34.3 Å². The molecule has 202 valence electrons. The van der Waals surface area contributed by atoms with Crippen LogP contribution in [0.15, 0.2) is 48.0 Å². The fourth-order valence-corrected chi connectivity index (χ4v) is 5.03. The van der Waals surface area contributed by atoms with Gasteiger partial charge in [0, 0.05) is 31.7 Å². The summed E-state index contributed by atoms with van der Waals surface area (Å²) in [5, 5.41) is 13.4. The number of phenolic OH excluding ortho intramolecular Hbond substituents is 1. The highest BCUT2D eigenvalue weighted by Gasteiger charge is 2.35. The van der Waals surface area contributed by atoms with E-state index in [2.05, 4.69) is 5.32 Å². The molecule has 0 radical (unpaired) electrons. The number of aromatic hydroxyl groups is 1. The summed E-state index contributed by atoms with van der Waals surface area (Å²) in [6.07, 6.45) is 4.03. The summed E-state index contributed by atoms with van der Waals surface area (Å²) in [7, 11) is 0. The van der Waals surface area contributed by atoms with E-state index in [0.29, 0.717) is 74.2 Å². The molecule has 2 atom stereocenters. The Morgan fingerprint density at radius 1 is 1.11 bits per heavy atom. The Morgan fingerprint density at radius 3 is 2.71 bits per heavy atom. The third-order valence-corrected chi connectivity index (χ3v) is 7.23. The van der Waals surface area contributed by atoms with E-state index in [1.54, 1.807) is 48.2 Å². The smallest absolute Gasteiger partial charge is 0.250 e. The minimum atomic E-state index is -0.953. The van der Waals surface area contributed by atoms with Crippen LogP contribution < -0.4 is 14.8 Å². The Labute approximate surface area is 222 Å². The maximum atomic E-state index is 14.0. The molecule has 2 aromatic rings. The normalized spacial score (nSPS) is 19.4. The third-order valence-electron chi connectivity index (χ3n) is 7.23. The fraction of sp³-hybridized carbons (Fsp3) is 0.448. The van der Waals surface area contributed by atoms with Crippen LogP contribution in [-0.2, 0) is 25.6 Å². The van der Waals surface area contributed by atoms with Gasteiger partial charge >= 0.3 is 0 Å². The highest BCUT2D eigenvalue weighted by atomic mass is 16.6. The van der Waals surface area contributed by atoms with Crippen molar-refractivity contribution in [2.24, 2.45) is 0 Å². The Morgan fingerprint density at radius 2 is 1.95 bits per heavy atom. The molecule has 0 bridgehead atoms. The van der Waals surface area contributed by atoms with Gasteiger partial charge in [0.15, 0.2) is 11.5 Å². The van der Waals surface area contributed by atoms with Crippen LogP contribution in [0.1, 0.15) is 42.0 Å². The van der Waals surface area contributed by atoms with Gasteiger partial charge in [-0.05, 0) is 54.7 Å². The Kier molecular flexibility index (Phi) is 8.14. The van der Waals surface area contributed by atoms with Gasteiger partial charge in [-0.2, -0.15) is 0 Å². The zero-order valence-corrected chi connectivity index (χ0v) is 21.6. The lowest BCUT2D eigenvalue weighted by Gasteiger charge is -2.34. The van der Waals surface area contributed by atoms with Crippen LogP contribution in [0.4, 0.5) is 0 Å². The molecule has 5 rings (SSSR count). The van der Waals surface area contributed by atoms with Crippen LogP contribution in [0, 0.1) is 6.92 Å². The second-order valence-electron chi connectivity index (χ2n) is 9.73. The number of ether oxygens (including phenoxy) is 4. The number of rotatable bonds is 8. The molecule has 2 N–H and O–H groups in total. The predicted octanol–water partition coefficient (Wildman–Crippen LogP) is 3.18. The Balaban J connectivity index is 1.54. The van der Waals surface area contributed by atoms with E-state index < -0.39 is 6.04 Å². The third kappa shape index (κ3) is 5.79. The fourth-order valence-electron chi connectivity index (χ4n) is 5.03. The predicted molar refractivity (Wildman–Crippen MR) is 139 cm³/mol. The maximum Gasteiger partial charge on any atom is 0.250 e. The minimum Gasteiger partial charge on any atom is -0.508 e. The summed E-state index contributed by atoms with van der Waals surface area (Å²) in [6.45, 7) is 4.63. The highest BCUT2D eigenvalue weighted by Crippen LogP contribution is 2.36. The standard InChI is InChI=1S/C29H34N2O7/c1-19-22(4-2-6-24(19)32)18-31(29(34)20-9-12-35-13-10-20)27(28(33)30-17-23-5-3-11-36-23)21-7-8-25-26(16-21)38-15-14-37-25/h2,4,6-9,16,23,27,32H,3,5,10-15,17-18H2,1H3,(H,30,33). The molecule has 3 aliphatic rings. The first-order chi connectivity index (χ1) is 18.5. The molecule has 0 saturated carbocycles. The summed E-state index contributed by atoms with van der Waals surface area (Å²) < 4.78 is 22.6. The number of benzene rings is 2. The van der Waals surface area contributed by atoms with Crippen molar-refractivity contribution in [3.8, 4) is 17.2 Å². The zero-order chi connectivity index (χ0) is 26.5. The monoisotopic (exact) mass is 522 g/mol.